The smallest absolute Gasteiger partial charge is 0.326 e. The van der Waals surface area contributed by atoms with Crippen LogP contribution in [0.1, 0.15) is 18.4 Å². The second-order valence-electron chi connectivity index (χ2n) is 7.06. The highest BCUT2D eigenvalue weighted by molar-refractivity contribution is 5.96. The molecule has 0 aliphatic rings. The molecule has 14 nitrogen and oxygen atoms in total. The van der Waals surface area contributed by atoms with Crippen LogP contribution in [0.25, 0.3) is 0 Å². The molecule has 0 radical (unpaired) electrons. The van der Waals surface area contributed by atoms with Gasteiger partial charge in [0.25, 0.3) is 0 Å². The summed E-state index contributed by atoms with van der Waals surface area (Å²) in [7, 11) is 0. The number of primary amides is 2. The van der Waals surface area contributed by atoms with Gasteiger partial charge in [0.15, 0.2) is 0 Å². The van der Waals surface area contributed by atoms with E-state index >= 15 is 0 Å². The predicted octanol–water partition coefficient (Wildman–Crippen LogP) is -3.82. The largest absolute Gasteiger partial charge is 0.508 e. The summed E-state index contributed by atoms with van der Waals surface area (Å²) < 4.78 is 0. The lowest BCUT2D eigenvalue weighted by atomic mass is 10.1. The van der Waals surface area contributed by atoms with Crippen LogP contribution in [0.3, 0.4) is 0 Å². The minimum Gasteiger partial charge on any atom is -0.508 e. The van der Waals surface area contributed by atoms with Crippen molar-refractivity contribution in [1.29, 1.82) is 0 Å². The molecular weight excluding hydrogens is 440 g/mol. The maximum atomic E-state index is 12.3. The summed E-state index contributed by atoms with van der Waals surface area (Å²) in [4.78, 5) is 70.0. The van der Waals surface area contributed by atoms with Crippen molar-refractivity contribution in [2.75, 3.05) is 6.54 Å². The molecule has 0 bridgehead atoms. The van der Waals surface area contributed by atoms with Crippen LogP contribution in [0.5, 0.6) is 5.75 Å². The van der Waals surface area contributed by atoms with Crippen molar-refractivity contribution in [3.05, 3.63) is 29.8 Å². The fourth-order valence-corrected chi connectivity index (χ4v) is 2.60. The van der Waals surface area contributed by atoms with E-state index in [0.717, 1.165) is 0 Å². The Morgan fingerprint density at radius 2 is 1.42 bits per heavy atom. The van der Waals surface area contributed by atoms with Crippen LogP contribution in [0.15, 0.2) is 24.3 Å². The average Bonchev–Trinajstić information content (AvgIpc) is 2.71. The Balaban J connectivity index is 2.69. The van der Waals surface area contributed by atoms with Gasteiger partial charge in [-0.25, -0.2) is 4.79 Å². The quantitative estimate of drug-likeness (QED) is 0.141. The highest BCUT2D eigenvalue weighted by Crippen LogP contribution is 2.11. The minimum atomic E-state index is -1.49. The van der Waals surface area contributed by atoms with Gasteiger partial charge in [-0.1, -0.05) is 12.1 Å². The SMILES string of the molecule is NC(=O)CC(N)C(=O)NC(CC(N)=O)C(=O)NCC(=O)NC(Cc1ccc(O)cc1)C(=O)O. The lowest BCUT2D eigenvalue weighted by Gasteiger charge is -2.20. The summed E-state index contributed by atoms with van der Waals surface area (Å²) >= 11 is 0. The summed E-state index contributed by atoms with van der Waals surface area (Å²) in [6, 6.07) is 1.50. The Morgan fingerprint density at radius 1 is 0.848 bits per heavy atom. The number of carbonyl (C=O) groups excluding carboxylic acids is 5. The molecule has 0 aliphatic carbocycles. The lowest BCUT2D eigenvalue weighted by molar-refractivity contribution is -0.141. The molecule has 1 aromatic carbocycles. The Kier molecular flexibility index (Phi) is 10.3. The molecule has 5 amide bonds. The Hall–Kier alpha value is -4.20. The molecule has 0 fully saturated rings. The molecule has 33 heavy (non-hydrogen) atoms. The highest BCUT2D eigenvalue weighted by atomic mass is 16.4. The third-order valence-electron chi connectivity index (χ3n) is 4.23. The van der Waals surface area contributed by atoms with Gasteiger partial charge >= 0.3 is 5.97 Å². The number of carboxylic acids is 1. The van der Waals surface area contributed by atoms with Gasteiger partial charge in [-0.2, -0.15) is 0 Å². The van der Waals surface area contributed by atoms with Gasteiger partial charge in [-0.05, 0) is 17.7 Å². The monoisotopic (exact) mass is 466 g/mol. The summed E-state index contributed by atoms with van der Waals surface area (Å²) in [5.41, 5.74) is 16.0. The molecule has 0 heterocycles. The van der Waals surface area contributed by atoms with Crippen LogP contribution in [-0.4, -0.2) is 70.4 Å². The summed E-state index contributed by atoms with van der Waals surface area (Å²) in [6.45, 7) is -0.670. The molecular formula is C19H26N6O8. The lowest BCUT2D eigenvalue weighted by Crippen LogP contribution is -2.55. The van der Waals surface area contributed by atoms with Crippen molar-refractivity contribution < 1.29 is 39.0 Å². The first kappa shape index (κ1) is 26.8. The minimum absolute atomic E-state index is 0.00874. The van der Waals surface area contributed by atoms with Gasteiger partial charge in [-0.15, -0.1) is 0 Å². The Morgan fingerprint density at radius 3 is 1.94 bits per heavy atom. The van der Waals surface area contributed by atoms with Crippen molar-refractivity contribution in [2.24, 2.45) is 17.2 Å². The number of phenolic OH excluding ortho intramolecular Hbond substituents is 1. The number of carboxylic acid groups (broad SMARTS) is 1. The third kappa shape index (κ3) is 10.1. The molecule has 3 unspecified atom stereocenters. The first-order valence-corrected chi connectivity index (χ1v) is 9.59. The molecule has 0 aromatic heterocycles. The number of carbonyl (C=O) groups is 6. The van der Waals surface area contributed by atoms with Gasteiger partial charge in [0.2, 0.25) is 29.5 Å². The van der Waals surface area contributed by atoms with Gasteiger partial charge in [0, 0.05) is 6.42 Å². The first-order valence-electron chi connectivity index (χ1n) is 9.59. The molecule has 1 rings (SSSR count). The Bertz CT molecular complexity index is 904. The number of nitrogens with two attached hydrogens (primary N) is 3. The van der Waals surface area contributed by atoms with E-state index in [1.165, 1.54) is 24.3 Å². The topological polar surface area (TPSA) is 257 Å². The zero-order valence-electron chi connectivity index (χ0n) is 17.4. The molecule has 1 aromatic rings. The van der Waals surface area contributed by atoms with E-state index in [1.807, 2.05) is 0 Å². The van der Waals surface area contributed by atoms with Gasteiger partial charge in [-0.3, -0.25) is 24.0 Å². The van der Waals surface area contributed by atoms with Crippen molar-refractivity contribution >= 4 is 35.5 Å². The number of amides is 5. The average molecular weight is 466 g/mol. The van der Waals surface area contributed by atoms with Crippen LogP contribution in [0.2, 0.25) is 0 Å². The number of phenols is 1. The van der Waals surface area contributed by atoms with E-state index < -0.39 is 73.0 Å². The summed E-state index contributed by atoms with van der Waals surface area (Å²) in [6.07, 6.45) is -1.22. The van der Waals surface area contributed by atoms with Crippen LogP contribution >= 0.6 is 0 Å². The fourth-order valence-electron chi connectivity index (χ4n) is 2.60. The van der Waals surface area contributed by atoms with Gasteiger partial charge < -0.3 is 43.4 Å². The number of benzene rings is 1. The van der Waals surface area contributed by atoms with Crippen LogP contribution in [0, 0.1) is 0 Å². The second kappa shape index (κ2) is 12.6. The zero-order chi connectivity index (χ0) is 25.1. The summed E-state index contributed by atoms with van der Waals surface area (Å²) in [5, 5.41) is 25.1. The second-order valence-corrected chi connectivity index (χ2v) is 7.06. The van der Waals surface area contributed by atoms with E-state index in [-0.39, 0.29) is 12.2 Å². The normalized spacial score (nSPS) is 13.1. The molecule has 0 saturated carbocycles. The molecule has 180 valence electrons. The number of rotatable bonds is 13. The fraction of sp³-hybridized carbons (Fsp3) is 0.368. The number of hydrogen-bond acceptors (Lipinski definition) is 8. The number of hydrogen-bond donors (Lipinski definition) is 8. The van der Waals surface area contributed by atoms with Crippen LogP contribution in [0.4, 0.5) is 0 Å². The molecule has 0 spiro atoms. The van der Waals surface area contributed by atoms with E-state index in [2.05, 4.69) is 16.0 Å². The molecule has 0 saturated heterocycles. The van der Waals surface area contributed by atoms with E-state index in [9.17, 15) is 39.0 Å². The predicted molar refractivity (Wildman–Crippen MR) is 112 cm³/mol. The maximum Gasteiger partial charge on any atom is 0.326 e. The van der Waals surface area contributed by atoms with Crippen LogP contribution in [-0.2, 0) is 35.2 Å². The standard InChI is InChI=1S/C19H26N6O8/c20-11(6-14(21)27)17(30)25-12(7-15(22)28)18(31)23-8-16(29)24-13(19(32)33)5-9-1-3-10(26)4-2-9/h1-4,11-13,26H,5-8,20H2,(H2,21,27)(H2,22,28)(H,23,31)(H,24,29)(H,25,30)(H,32,33). The zero-order valence-corrected chi connectivity index (χ0v) is 17.4. The maximum absolute atomic E-state index is 12.3. The molecule has 14 heteroatoms. The van der Waals surface area contributed by atoms with E-state index in [0.29, 0.717) is 5.56 Å². The third-order valence-corrected chi connectivity index (χ3v) is 4.23. The van der Waals surface area contributed by atoms with Crippen molar-refractivity contribution in [3.8, 4) is 5.75 Å². The number of nitrogens with one attached hydrogen (secondary N) is 3. The van der Waals surface area contributed by atoms with Gasteiger partial charge in [0.05, 0.1) is 25.4 Å². The van der Waals surface area contributed by atoms with E-state index in [1.54, 1.807) is 0 Å². The Labute approximate surface area is 187 Å². The first-order chi connectivity index (χ1) is 15.4. The van der Waals surface area contributed by atoms with Crippen molar-refractivity contribution in [1.82, 2.24) is 16.0 Å². The van der Waals surface area contributed by atoms with Crippen molar-refractivity contribution in [3.63, 3.8) is 0 Å². The molecule has 0 aliphatic heterocycles. The highest BCUT2D eigenvalue weighted by Gasteiger charge is 2.27. The number of aromatic hydroxyl groups is 1. The van der Waals surface area contributed by atoms with Crippen LogP contribution < -0.4 is 33.2 Å². The number of aliphatic carboxylic acids is 1. The van der Waals surface area contributed by atoms with Crippen molar-refractivity contribution in [2.45, 2.75) is 37.4 Å². The molecule has 11 N–H and O–H groups in total. The summed E-state index contributed by atoms with van der Waals surface area (Å²) in [5.74, 6) is -5.90. The van der Waals surface area contributed by atoms with Gasteiger partial charge in [0.1, 0.15) is 17.8 Å². The van der Waals surface area contributed by atoms with E-state index in [4.69, 9.17) is 17.2 Å². The molecule has 3 atom stereocenters.